The minimum Gasteiger partial charge on any atom is -0.465 e. The summed E-state index contributed by atoms with van der Waals surface area (Å²) in [6.45, 7) is -2.69. The summed E-state index contributed by atoms with van der Waals surface area (Å²) >= 11 is 0. The fourth-order valence-corrected chi connectivity index (χ4v) is 2.11. The van der Waals surface area contributed by atoms with Gasteiger partial charge in [0.05, 0.1) is 12.7 Å². The highest BCUT2D eigenvalue weighted by molar-refractivity contribution is 5.92. The van der Waals surface area contributed by atoms with Crippen molar-refractivity contribution in [2.24, 2.45) is 0 Å². The number of ether oxygens (including phenoxy) is 2. The quantitative estimate of drug-likeness (QED) is 0.606. The van der Waals surface area contributed by atoms with Crippen LogP contribution in [0.25, 0.3) is 6.08 Å². The van der Waals surface area contributed by atoms with Crippen molar-refractivity contribution >= 4 is 18.0 Å². The summed E-state index contributed by atoms with van der Waals surface area (Å²) in [5.74, 6) is -0.841. The number of amides is 1. The van der Waals surface area contributed by atoms with Gasteiger partial charge in [0.25, 0.3) is 0 Å². The molecule has 0 bridgehead atoms. The summed E-state index contributed by atoms with van der Waals surface area (Å²) in [5.41, 5.74) is 1.57. The Morgan fingerprint density at radius 3 is 2.46 bits per heavy atom. The van der Waals surface area contributed by atoms with Crippen LogP contribution >= 0.6 is 0 Å². The molecule has 0 aliphatic carbocycles. The van der Waals surface area contributed by atoms with Gasteiger partial charge < -0.3 is 14.8 Å². The molecule has 0 aromatic heterocycles. The lowest BCUT2D eigenvalue weighted by atomic mass is 10.1. The van der Waals surface area contributed by atoms with Crippen molar-refractivity contribution in [1.82, 2.24) is 5.32 Å². The lowest BCUT2D eigenvalue weighted by Gasteiger charge is -2.07. The predicted molar refractivity (Wildman–Crippen MR) is 91.7 cm³/mol. The van der Waals surface area contributed by atoms with Gasteiger partial charge in [-0.15, -0.1) is 0 Å². The SMILES string of the molecule is COC(=O)c1ccc(CNC(=O)C=Cc2ccccc2OC(F)F)cc1. The molecule has 0 spiro atoms. The molecule has 26 heavy (non-hydrogen) atoms. The molecule has 2 aromatic rings. The zero-order chi connectivity index (χ0) is 18.9. The second-order valence-corrected chi connectivity index (χ2v) is 5.16. The van der Waals surface area contributed by atoms with Crippen LogP contribution in [-0.2, 0) is 16.1 Å². The number of para-hydroxylation sites is 1. The molecule has 0 saturated carbocycles. The molecule has 7 heteroatoms. The first-order chi connectivity index (χ1) is 12.5. The Balaban J connectivity index is 1.93. The number of carbonyl (C=O) groups excluding carboxylic acids is 2. The van der Waals surface area contributed by atoms with E-state index < -0.39 is 18.5 Å². The molecule has 5 nitrogen and oxygen atoms in total. The number of alkyl halides is 2. The van der Waals surface area contributed by atoms with Gasteiger partial charge in [-0.25, -0.2) is 4.79 Å². The van der Waals surface area contributed by atoms with Crippen LogP contribution in [0.2, 0.25) is 0 Å². The van der Waals surface area contributed by atoms with E-state index in [1.165, 1.54) is 25.3 Å². The van der Waals surface area contributed by atoms with Gasteiger partial charge in [-0.1, -0.05) is 30.3 Å². The first kappa shape index (κ1) is 19.1. The van der Waals surface area contributed by atoms with Gasteiger partial charge >= 0.3 is 12.6 Å². The van der Waals surface area contributed by atoms with E-state index in [0.29, 0.717) is 11.1 Å². The highest BCUT2D eigenvalue weighted by Gasteiger charge is 2.08. The monoisotopic (exact) mass is 361 g/mol. The maximum absolute atomic E-state index is 12.4. The minimum absolute atomic E-state index is 0.00931. The van der Waals surface area contributed by atoms with Crippen molar-refractivity contribution in [2.45, 2.75) is 13.2 Å². The molecule has 1 N–H and O–H groups in total. The maximum atomic E-state index is 12.4. The zero-order valence-corrected chi connectivity index (χ0v) is 13.9. The number of nitrogens with one attached hydrogen (secondary N) is 1. The Morgan fingerprint density at radius 2 is 1.81 bits per heavy atom. The Hall–Kier alpha value is -3.22. The van der Waals surface area contributed by atoms with Crippen LogP contribution in [0.4, 0.5) is 8.78 Å². The van der Waals surface area contributed by atoms with Gasteiger partial charge in [0.15, 0.2) is 0 Å². The Kier molecular flexibility index (Phi) is 6.84. The van der Waals surface area contributed by atoms with Crippen molar-refractivity contribution < 1.29 is 27.8 Å². The molecule has 2 rings (SSSR count). The Morgan fingerprint density at radius 1 is 1.12 bits per heavy atom. The van der Waals surface area contributed by atoms with E-state index in [2.05, 4.69) is 14.8 Å². The summed E-state index contributed by atoms with van der Waals surface area (Å²) in [6.07, 6.45) is 2.63. The lowest BCUT2D eigenvalue weighted by Crippen LogP contribution is -2.20. The number of halogens is 2. The van der Waals surface area contributed by atoms with E-state index in [1.54, 1.807) is 42.5 Å². The molecule has 2 aromatic carbocycles. The Bertz CT molecular complexity index is 788. The van der Waals surface area contributed by atoms with E-state index >= 15 is 0 Å². The first-order valence-electron chi connectivity index (χ1n) is 7.66. The van der Waals surface area contributed by atoms with Crippen LogP contribution in [0.5, 0.6) is 5.75 Å². The molecule has 0 unspecified atom stereocenters. The standard InChI is InChI=1S/C19H17F2NO4/c1-25-18(24)15-8-6-13(7-9-15)12-22-17(23)11-10-14-4-2-3-5-16(14)26-19(20)21/h2-11,19H,12H2,1H3,(H,22,23). The van der Waals surface area contributed by atoms with E-state index in [9.17, 15) is 18.4 Å². The topological polar surface area (TPSA) is 64.6 Å². The molecular weight excluding hydrogens is 344 g/mol. The summed E-state index contributed by atoms with van der Waals surface area (Å²) < 4.78 is 33.7. The van der Waals surface area contributed by atoms with Gasteiger partial charge in [-0.2, -0.15) is 8.78 Å². The van der Waals surface area contributed by atoms with Crippen LogP contribution in [0.3, 0.4) is 0 Å². The number of methoxy groups -OCH3 is 1. The van der Waals surface area contributed by atoms with Crippen molar-refractivity contribution in [2.75, 3.05) is 7.11 Å². The molecular formula is C19H17F2NO4. The second kappa shape index (κ2) is 9.31. The minimum atomic E-state index is -2.94. The fourth-order valence-electron chi connectivity index (χ4n) is 2.11. The van der Waals surface area contributed by atoms with E-state index in [-0.39, 0.29) is 12.3 Å². The van der Waals surface area contributed by atoms with Gasteiger partial charge in [0.2, 0.25) is 5.91 Å². The lowest BCUT2D eigenvalue weighted by molar-refractivity contribution is -0.116. The first-order valence-corrected chi connectivity index (χ1v) is 7.66. The van der Waals surface area contributed by atoms with E-state index in [0.717, 1.165) is 5.56 Å². The number of rotatable bonds is 7. The van der Waals surface area contributed by atoms with Gasteiger partial charge in [-0.3, -0.25) is 4.79 Å². The van der Waals surface area contributed by atoms with Gasteiger partial charge in [0, 0.05) is 18.2 Å². The van der Waals surface area contributed by atoms with Crippen molar-refractivity contribution in [1.29, 1.82) is 0 Å². The highest BCUT2D eigenvalue weighted by Crippen LogP contribution is 2.21. The highest BCUT2D eigenvalue weighted by atomic mass is 19.3. The molecule has 0 atom stereocenters. The fraction of sp³-hybridized carbons (Fsp3) is 0.158. The average molecular weight is 361 g/mol. The van der Waals surface area contributed by atoms with Crippen LogP contribution < -0.4 is 10.1 Å². The third-order valence-electron chi connectivity index (χ3n) is 3.39. The van der Waals surface area contributed by atoms with Gasteiger partial charge in [-0.05, 0) is 29.8 Å². The Labute approximate surface area is 149 Å². The number of hydrogen-bond acceptors (Lipinski definition) is 4. The van der Waals surface area contributed by atoms with Crippen LogP contribution in [-0.4, -0.2) is 25.6 Å². The average Bonchev–Trinajstić information content (AvgIpc) is 2.65. The van der Waals surface area contributed by atoms with E-state index in [4.69, 9.17) is 0 Å². The van der Waals surface area contributed by atoms with Crippen molar-refractivity contribution in [3.63, 3.8) is 0 Å². The third-order valence-corrected chi connectivity index (χ3v) is 3.39. The molecule has 0 heterocycles. The second-order valence-electron chi connectivity index (χ2n) is 5.16. The largest absolute Gasteiger partial charge is 0.465 e. The summed E-state index contributed by atoms with van der Waals surface area (Å²) in [7, 11) is 1.30. The predicted octanol–water partition coefficient (Wildman–Crippen LogP) is 3.40. The van der Waals surface area contributed by atoms with E-state index in [1.807, 2.05) is 0 Å². The normalized spacial score (nSPS) is 10.8. The van der Waals surface area contributed by atoms with Crippen LogP contribution in [0.15, 0.2) is 54.6 Å². The van der Waals surface area contributed by atoms with Crippen molar-refractivity contribution in [3.8, 4) is 5.75 Å². The molecule has 136 valence electrons. The number of benzene rings is 2. The van der Waals surface area contributed by atoms with Crippen molar-refractivity contribution in [3.05, 3.63) is 71.3 Å². The number of carbonyl (C=O) groups is 2. The van der Waals surface area contributed by atoms with Crippen LogP contribution in [0.1, 0.15) is 21.5 Å². The number of hydrogen-bond donors (Lipinski definition) is 1. The molecule has 0 saturated heterocycles. The summed E-state index contributed by atoms with van der Waals surface area (Å²) in [6, 6.07) is 12.8. The summed E-state index contributed by atoms with van der Waals surface area (Å²) in [5, 5.41) is 2.66. The molecule has 0 radical (unpaired) electrons. The third kappa shape index (κ3) is 5.70. The molecule has 0 aliphatic heterocycles. The molecule has 1 amide bonds. The zero-order valence-electron chi connectivity index (χ0n) is 13.9. The number of esters is 1. The van der Waals surface area contributed by atoms with Gasteiger partial charge in [0.1, 0.15) is 5.75 Å². The maximum Gasteiger partial charge on any atom is 0.387 e. The summed E-state index contributed by atoms with van der Waals surface area (Å²) in [4.78, 5) is 23.2. The smallest absolute Gasteiger partial charge is 0.387 e. The molecule has 0 fully saturated rings. The van der Waals surface area contributed by atoms with Crippen LogP contribution in [0, 0.1) is 0 Å². The molecule has 0 aliphatic rings.